The molecule has 1 N–H and O–H groups in total. The molecule has 2 heterocycles. The van der Waals surface area contributed by atoms with E-state index in [0.29, 0.717) is 18.2 Å². The number of halogens is 4. The summed E-state index contributed by atoms with van der Waals surface area (Å²) in [4.78, 5) is 13.3. The molecule has 0 saturated carbocycles. The van der Waals surface area contributed by atoms with E-state index in [0.717, 1.165) is 28.9 Å². The SMILES string of the molecule is CCc1nc2n(n1)C(=O)N[C@@](c1ccc(F)cc1)(C(F)(F)F)S2. The van der Waals surface area contributed by atoms with Crippen molar-refractivity contribution in [1.82, 2.24) is 20.1 Å². The van der Waals surface area contributed by atoms with Crippen molar-refractivity contribution in [2.24, 2.45) is 0 Å². The molecule has 1 aromatic heterocycles. The van der Waals surface area contributed by atoms with Gasteiger partial charge in [0.2, 0.25) is 4.87 Å². The van der Waals surface area contributed by atoms with Crippen molar-refractivity contribution in [3.8, 4) is 0 Å². The molecule has 0 aliphatic carbocycles. The second-order valence-corrected chi connectivity index (χ2v) is 5.98. The molecule has 0 bridgehead atoms. The molecule has 122 valence electrons. The van der Waals surface area contributed by atoms with Crippen molar-refractivity contribution in [1.29, 1.82) is 0 Å². The van der Waals surface area contributed by atoms with Crippen LogP contribution in [0.15, 0.2) is 29.4 Å². The summed E-state index contributed by atoms with van der Waals surface area (Å²) in [5.74, 6) is -0.408. The van der Waals surface area contributed by atoms with Gasteiger partial charge in [-0.15, -0.1) is 5.10 Å². The minimum Gasteiger partial charge on any atom is -0.309 e. The van der Waals surface area contributed by atoms with Gasteiger partial charge in [0.25, 0.3) is 0 Å². The summed E-state index contributed by atoms with van der Waals surface area (Å²) in [5, 5.41) is 5.63. The fourth-order valence-electron chi connectivity index (χ4n) is 2.16. The van der Waals surface area contributed by atoms with Crippen molar-refractivity contribution in [3.05, 3.63) is 41.5 Å². The number of carbonyl (C=O) groups is 1. The first kappa shape index (κ1) is 15.8. The molecule has 1 amide bonds. The maximum Gasteiger partial charge on any atom is 0.425 e. The Bertz CT molecular complexity index is 758. The number of nitrogens with zero attached hydrogens (tertiary/aromatic N) is 3. The maximum atomic E-state index is 13.8. The molecule has 0 saturated heterocycles. The standard InChI is InChI=1S/C13H10F4N4OS/c1-2-9-18-11-21(20-9)10(22)19-12(23-11,13(15,16)17)7-3-5-8(14)6-4-7/h3-6H,2H2,1H3,(H,19,22)/t12-/m1/s1. The van der Waals surface area contributed by atoms with E-state index in [1.165, 1.54) is 0 Å². The van der Waals surface area contributed by atoms with Crippen LogP contribution in [0.1, 0.15) is 18.3 Å². The molecular formula is C13H10F4N4OS. The van der Waals surface area contributed by atoms with Crippen molar-refractivity contribution >= 4 is 17.8 Å². The number of aryl methyl sites for hydroxylation is 1. The Labute approximate surface area is 132 Å². The molecule has 0 unspecified atom stereocenters. The lowest BCUT2D eigenvalue weighted by molar-refractivity contribution is -0.168. The molecule has 1 aliphatic heterocycles. The monoisotopic (exact) mass is 346 g/mol. The molecule has 2 aromatic rings. The number of alkyl halides is 3. The lowest BCUT2D eigenvalue weighted by Gasteiger charge is -2.37. The third-order valence-corrected chi connectivity index (χ3v) is 4.63. The number of amides is 1. The second kappa shape index (κ2) is 5.22. The average molecular weight is 346 g/mol. The molecule has 10 heteroatoms. The highest BCUT2D eigenvalue weighted by Crippen LogP contribution is 2.51. The summed E-state index contributed by atoms with van der Waals surface area (Å²) in [7, 11) is 0. The van der Waals surface area contributed by atoms with Crippen molar-refractivity contribution in [2.45, 2.75) is 29.5 Å². The predicted octanol–water partition coefficient (Wildman–Crippen LogP) is 3.06. The first-order valence-electron chi connectivity index (χ1n) is 6.57. The third kappa shape index (κ3) is 2.46. The minimum absolute atomic E-state index is 0.160. The highest BCUT2D eigenvalue weighted by atomic mass is 32.2. The summed E-state index contributed by atoms with van der Waals surface area (Å²) in [6.45, 7) is 1.72. The van der Waals surface area contributed by atoms with Crippen LogP contribution in [0.5, 0.6) is 0 Å². The van der Waals surface area contributed by atoms with Crippen LogP contribution in [0, 0.1) is 5.82 Å². The van der Waals surface area contributed by atoms with E-state index in [1.54, 1.807) is 6.92 Å². The summed E-state index contributed by atoms with van der Waals surface area (Å²) in [6, 6.07) is 2.76. The summed E-state index contributed by atoms with van der Waals surface area (Å²) < 4.78 is 55.1. The van der Waals surface area contributed by atoms with Crippen LogP contribution in [0.25, 0.3) is 0 Å². The van der Waals surface area contributed by atoms with Gasteiger partial charge in [-0.25, -0.2) is 14.2 Å². The number of aromatic nitrogens is 3. The lowest BCUT2D eigenvalue weighted by Crippen LogP contribution is -2.57. The molecule has 0 radical (unpaired) electrons. The van der Waals surface area contributed by atoms with Crippen LogP contribution in [-0.4, -0.2) is 27.0 Å². The Morgan fingerprint density at radius 2 is 1.96 bits per heavy atom. The fraction of sp³-hybridized carbons (Fsp3) is 0.308. The Morgan fingerprint density at radius 3 is 2.52 bits per heavy atom. The van der Waals surface area contributed by atoms with Gasteiger partial charge in [-0.3, -0.25) is 0 Å². The van der Waals surface area contributed by atoms with Gasteiger partial charge in [-0.2, -0.15) is 17.9 Å². The topological polar surface area (TPSA) is 59.8 Å². The number of rotatable bonds is 2. The van der Waals surface area contributed by atoms with E-state index < -0.39 is 22.9 Å². The summed E-state index contributed by atoms with van der Waals surface area (Å²) >= 11 is 0.320. The predicted molar refractivity (Wildman–Crippen MR) is 73.3 cm³/mol. The average Bonchev–Trinajstić information content (AvgIpc) is 2.90. The molecule has 1 aromatic carbocycles. The number of fused-ring (bicyclic) bond motifs is 1. The number of nitrogens with one attached hydrogen (secondary N) is 1. The Morgan fingerprint density at radius 1 is 1.30 bits per heavy atom. The van der Waals surface area contributed by atoms with Gasteiger partial charge in [-0.1, -0.05) is 19.1 Å². The van der Waals surface area contributed by atoms with Crippen molar-refractivity contribution < 1.29 is 22.4 Å². The number of thioether (sulfide) groups is 1. The van der Waals surface area contributed by atoms with Gasteiger partial charge in [0, 0.05) is 6.42 Å². The fourth-order valence-corrected chi connectivity index (χ4v) is 3.30. The molecule has 0 fully saturated rings. The highest BCUT2D eigenvalue weighted by molar-refractivity contribution is 8.00. The first-order valence-corrected chi connectivity index (χ1v) is 7.38. The van der Waals surface area contributed by atoms with Crippen LogP contribution in [0.2, 0.25) is 0 Å². The highest BCUT2D eigenvalue weighted by Gasteiger charge is 2.61. The number of hydrogen-bond donors (Lipinski definition) is 1. The minimum atomic E-state index is -4.82. The smallest absolute Gasteiger partial charge is 0.309 e. The van der Waals surface area contributed by atoms with Crippen LogP contribution < -0.4 is 5.32 Å². The van der Waals surface area contributed by atoms with Gasteiger partial charge < -0.3 is 5.32 Å². The molecule has 3 rings (SSSR count). The molecule has 1 atom stereocenters. The van der Waals surface area contributed by atoms with Gasteiger partial charge in [0.1, 0.15) is 5.82 Å². The summed E-state index contributed by atoms with van der Waals surface area (Å²) in [5.41, 5.74) is -0.294. The normalized spacial score (nSPS) is 21.0. The zero-order valence-corrected chi connectivity index (χ0v) is 12.5. The number of benzene rings is 1. The molecular weight excluding hydrogens is 336 g/mol. The van der Waals surface area contributed by atoms with E-state index in [1.807, 2.05) is 5.32 Å². The lowest BCUT2D eigenvalue weighted by atomic mass is 10.1. The van der Waals surface area contributed by atoms with Crippen molar-refractivity contribution in [3.63, 3.8) is 0 Å². The van der Waals surface area contributed by atoms with Crippen LogP contribution in [0.4, 0.5) is 22.4 Å². The zero-order chi connectivity index (χ0) is 16.8. The van der Waals surface area contributed by atoms with E-state index in [-0.39, 0.29) is 16.5 Å². The number of carbonyl (C=O) groups excluding carboxylic acids is 1. The van der Waals surface area contributed by atoms with E-state index in [2.05, 4.69) is 10.1 Å². The Kier molecular flexibility index (Phi) is 3.58. The van der Waals surface area contributed by atoms with Gasteiger partial charge in [-0.05, 0) is 29.5 Å². The van der Waals surface area contributed by atoms with E-state index >= 15 is 0 Å². The molecule has 1 aliphatic rings. The first-order chi connectivity index (χ1) is 10.8. The summed E-state index contributed by atoms with van der Waals surface area (Å²) in [6.07, 6.45) is -4.45. The van der Waals surface area contributed by atoms with Gasteiger partial charge in [0.05, 0.1) is 0 Å². The van der Waals surface area contributed by atoms with Gasteiger partial charge >= 0.3 is 12.2 Å². The van der Waals surface area contributed by atoms with Crippen LogP contribution >= 0.6 is 11.8 Å². The molecule has 5 nitrogen and oxygen atoms in total. The second-order valence-electron chi connectivity index (χ2n) is 4.79. The zero-order valence-electron chi connectivity index (χ0n) is 11.7. The Balaban J connectivity index is 2.15. The van der Waals surface area contributed by atoms with E-state index in [4.69, 9.17) is 0 Å². The quantitative estimate of drug-likeness (QED) is 0.849. The number of hydrogen-bond acceptors (Lipinski definition) is 4. The maximum absolute atomic E-state index is 13.8. The van der Waals surface area contributed by atoms with Crippen LogP contribution in [0.3, 0.4) is 0 Å². The molecule has 0 spiro atoms. The van der Waals surface area contributed by atoms with E-state index in [9.17, 15) is 22.4 Å². The van der Waals surface area contributed by atoms with Gasteiger partial charge in [0.15, 0.2) is 11.0 Å². The third-order valence-electron chi connectivity index (χ3n) is 3.31. The van der Waals surface area contributed by atoms with Crippen molar-refractivity contribution in [2.75, 3.05) is 0 Å². The molecule has 23 heavy (non-hydrogen) atoms. The van der Waals surface area contributed by atoms with Crippen LogP contribution in [-0.2, 0) is 11.3 Å². The largest absolute Gasteiger partial charge is 0.425 e. The Hall–Kier alpha value is -2.10.